The number of likely N-dealkylation sites (tertiary alicyclic amines) is 1. The van der Waals surface area contributed by atoms with Gasteiger partial charge in [0, 0.05) is 50.0 Å². The Morgan fingerprint density at radius 3 is 2.44 bits per heavy atom. The summed E-state index contributed by atoms with van der Waals surface area (Å²) in [6.07, 6.45) is 1.71. The smallest absolute Gasteiger partial charge is 0.138 e. The van der Waals surface area contributed by atoms with Crippen molar-refractivity contribution in [3.63, 3.8) is 0 Å². The maximum Gasteiger partial charge on any atom is 0.138 e. The zero-order chi connectivity index (χ0) is 17.6. The van der Waals surface area contributed by atoms with Crippen LogP contribution in [0.15, 0.2) is 16.9 Å². The van der Waals surface area contributed by atoms with E-state index in [1.165, 1.54) is 5.56 Å². The molecule has 0 saturated carbocycles. The van der Waals surface area contributed by atoms with E-state index in [2.05, 4.69) is 44.8 Å². The molecular weight excluding hydrogens is 314 g/mol. The number of hydrogen-bond donors (Lipinski definition) is 0. The quantitative estimate of drug-likeness (QED) is 0.852. The Labute approximate surface area is 149 Å². The number of anilines is 1. The van der Waals surface area contributed by atoms with Crippen LogP contribution >= 0.6 is 0 Å². The molecule has 0 bridgehead atoms. The molecule has 2 aromatic rings. The molecule has 25 heavy (non-hydrogen) atoms. The molecule has 6 nitrogen and oxygen atoms in total. The molecule has 134 valence electrons. The Bertz CT molecular complexity index is 723. The van der Waals surface area contributed by atoms with E-state index < -0.39 is 0 Å². The van der Waals surface area contributed by atoms with Gasteiger partial charge >= 0.3 is 0 Å². The van der Waals surface area contributed by atoms with Crippen LogP contribution in [0.3, 0.4) is 0 Å². The lowest BCUT2D eigenvalue weighted by molar-refractivity contribution is 0.305. The second-order valence-corrected chi connectivity index (χ2v) is 7.88. The third-order valence-corrected chi connectivity index (χ3v) is 5.71. The molecule has 0 radical (unpaired) electrons. The van der Waals surface area contributed by atoms with Gasteiger partial charge in [-0.05, 0) is 31.6 Å². The molecule has 0 aliphatic carbocycles. The Morgan fingerprint density at radius 1 is 1.12 bits per heavy atom. The third kappa shape index (κ3) is 3.15. The number of nitrogens with zero attached hydrogens (tertiary/aromatic N) is 5. The predicted molar refractivity (Wildman–Crippen MR) is 96.6 cm³/mol. The first-order valence-electron chi connectivity index (χ1n) is 9.22. The van der Waals surface area contributed by atoms with Crippen LogP contribution < -0.4 is 4.90 Å². The number of rotatable bonds is 4. The van der Waals surface area contributed by atoms with Crippen LogP contribution in [0.2, 0.25) is 0 Å². The van der Waals surface area contributed by atoms with Crippen molar-refractivity contribution in [1.82, 2.24) is 20.0 Å². The molecule has 2 unspecified atom stereocenters. The molecule has 2 atom stereocenters. The minimum atomic E-state index is 0.439. The maximum absolute atomic E-state index is 5.31. The summed E-state index contributed by atoms with van der Waals surface area (Å²) < 4.78 is 5.31. The molecule has 0 amide bonds. The highest BCUT2D eigenvalue weighted by molar-refractivity contribution is 5.41. The van der Waals surface area contributed by atoms with E-state index in [0.717, 1.165) is 67.5 Å². The SMILES string of the molecule is Cc1noc(C)c1CN1CC2CN(c3cc(C(C)C)ncn3)CC2C1. The fourth-order valence-corrected chi connectivity index (χ4v) is 4.21. The van der Waals surface area contributed by atoms with Crippen molar-refractivity contribution in [2.24, 2.45) is 11.8 Å². The van der Waals surface area contributed by atoms with Crippen LogP contribution in [-0.2, 0) is 6.54 Å². The van der Waals surface area contributed by atoms with Crippen LogP contribution in [0.25, 0.3) is 0 Å². The van der Waals surface area contributed by atoms with Crippen molar-refractivity contribution in [2.75, 3.05) is 31.1 Å². The summed E-state index contributed by atoms with van der Waals surface area (Å²) in [5, 5.41) is 4.08. The van der Waals surface area contributed by atoms with Crippen LogP contribution in [0, 0.1) is 25.7 Å². The highest BCUT2D eigenvalue weighted by Gasteiger charge is 2.40. The molecule has 4 rings (SSSR count). The number of fused-ring (bicyclic) bond motifs is 1. The predicted octanol–water partition coefficient (Wildman–Crippen LogP) is 2.77. The standard InChI is InChI=1S/C19H27N5O/c1-12(2)18-5-19(21-11-20-18)24-8-15-6-23(7-16(15)9-24)10-17-13(3)22-25-14(17)4/h5,11-12,15-16H,6-10H2,1-4H3. The minimum absolute atomic E-state index is 0.439. The van der Waals surface area contributed by atoms with Gasteiger partial charge in [0.1, 0.15) is 17.9 Å². The van der Waals surface area contributed by atoms with E-state index >= 15 is 0 Å². The van der Waals surface area contributed by atoms with E-state index in [9.17, 15) is 0 Å². The first kappa shape index (κ1) is 16.5. The van der Waals surface area contributed by atoms with Crippen LogP contribution in [0.4, 0.5) is 5.82 Å². The largest absolute Gasteiger partial charge is 0.361 e. The number of hydrogen-bond acceptors (Lipinski definition) is 6. The second kappa shape index (κ2) is 6.41. The molecule has 0 N–H and O–H groups in total. The summed E-state index contributed by atoms with van der Waals surface area (Å²) >= 11 is 0. The zero-order valence-corrected chi connectivity index (χ0v) is 15.6. The average Bonchev–Trinajstić information content (AvgIpc) is 3.24. The van der Waals surface area contributed by atoms with Gasteiger partial charge in [-0.15, -0.1) is 0 Å². The summed E-state index contributed by atoms with van der Waals surface area (Å²) in [5.74, 6) is 3.93. The first-order chi connectivity index (χ1) is 12.0. The van der Waals surface area contributed by atoms with Gasteiger partial charge in [0.15, 0.2) is 0 Å². The van der Waals surface area contributed by atoms with Gasteiger partial charge in [0.2, 0.25) is 0 Å². The van der Waals surface area contributed by atoms with E-state index in [1.807, 2.05) is 13.8 Å². The Morgan fingerprint density at radius 2 is 1.84 bits per heavy atom. The third-order valence-electron chi connectivity index (χ3n) is 5.71. The topological polar surface area (TPSA) is 58.3 Å². The van der Waals surface area contributed by atoms with Crippen molar-refractivity contribution >= 4 is 5.82 Å². The molecule has 2 aliphatic rings. The van der Waals surface area contributed by atoms with Gasteiger partial charge in [-0.25, -0.2) is 9.97 Å². The fourth-order valence-electron chi connectivity index (χ4n) is 4.21. The monoisotopic (exact) mass is 341 g/mol. The van der Waals surface area contributed by atoms with Crippen molar-refractivity contribution in [2.45, 2.75) is 40.2 Å². The van der Waals surface area contributed by atoms with Gasteiger partial charge in [0.25, 0.3) is 0 Å². The molecule has 2 aromatic heterocycles. The van der Waals surface area contributed by atoms with Gasteiger partial charge in [-0.2, -0.15) is 0 Å². The van der Waals surface area contributed by atoms with Gasteiger partial charge in [-0.3, -0.25) is 4.90 Å². The number of aryl methyl sites for hydroxylation is 2. The van der Waals surface area contributed by atoms with Crippen LogP contribution in [0.1, 0.15) is 42.5 Å². The summed E-state index contributed by atoms with van der Waals surface area (Å²) in [6.45, 7) is 13.8. The summed E-state index contributed by atoms with van der Waals surface area (Å²) in [6, 6.07) is 2.16. The van der Waals surface area contributed by atoms with E-state index in [1.54, 1.807) is 6.33 Å². The van der Waals surface area contributed by atoms with Crippen molar-refractivity contribution in [1.29, 1.82) is 0 Å². The summed E-state index contributed by atoms with van der Waals surface area (Å²) in [7, 11) is 0. The van der Waals surface area contributed by atoms with Crippen molar-refractivity contribution in [3.8, 4) is 0 Å². The maximum atomic E-state index is 5.31. The molecule has 2 fully saturated rings. The summed E-state index contributed by atoms with van der Waals surface area (Å²) in [5.41, 5.74) is 3.41. The number of aromatic nitrogens is 3. The molecular formula is C19H27N5O. The highest BCUT2D eigenvalue weighted by atomic mass is 16.5. The zero-order valence-electron chi connectivity index (χ0n) is 15.6. The Hall–Kier alpha value is -1.95. The van der Waals surface area contributed by atoms with Gasteiger partial charge in [0.05, 0.1) is 5.69 Å². The van der Waals surface area contributed by atoms with Gasteiger partial charge in [-0.1, -0.05) is 19.0 Å². The van der Waals surface area contributed by atoms with E-state index in [-0.39, 0.29) is 0 Å². The van der Waals surface area contributed by atoms with E-state index in [4.69, 9.17) is 4.52 Å². The van der Waals surface area contributed by atoms with Crippen LogP contribution in [-0.4, -0.2) is 46.2 Å². The van der Waals surface area contributed by atoms with Gasteiger partial charge < -0.3 is 9.42 Å². The van der Waals surface area contributed by atoms with E-state index in [0.29, 0.717) is 5.92 Å². The van der Waals surface area contributed by atoms with Crippen molar-refractivity contribution in [3.05, 3.63) is 35.1 Å². The molecule has 4 heterocycles. The molecule has 0 spiro atoms. The minimum Gasteiger partial charge on any atom is -0.361 e. The fraction of sp³-hybridized carbons (Fsp3) is 0.632. The second-order valence-electron chi connectivity index (χ2n) is 7.88. The molecule has 2 aliphatic heterocycles. The molecule has 0 aromatic carbocycles. The molecule has 2 saturated heterocycles. The Kier molecular flexibility index (Phi) is 4.23. The molecule has 6 heteroatoms. The average molecular weight is 341 g/mol. The Balaban J connectivity index is 1.40. The summed E-state index contributed by atoms with van der Waals surface area (Å²) in [4.78, 5) is 13.9. The lowest BCUT2D eigenvalue weighted by atomic mass is 10.0. The van der Waals surface area contributed by atoms with Crippen molar-refractivity contribution < 1.29 is 4.52 Å². The normalized spacial score (nSPS) is 23.6. The highest BCUT2D eigenvalue weighted by Crippen LogP contribution is 2.34. The van der Waals surface area contributed by atoms with Crippen LogP contribution in [0.5, 0.6) is 0 Å². The lowest BCUT2D eigenvalue weighted by Crippen LogP contribution is -2.29. The lowest BCUT2D eigenvalue weighted by Gasteiger charge is -2.22. The first-order valence-corrected chi connectivity index (χ1v) is 9.22.